The average Bonchev–Trinajstić information content (AvgIpc) is 3.51. The van der Waals surface area contributed by atoms with Gasteiger partial charge in [-0.05, 0) is 69.7 Å². The molecule has 0 aliphatic heterocycles. The minimum atomic E-state index is -0.498. The van der Waals surface area contributed by atoms with Crippen molar-refractivity contribution < 1.29 is 14.3 Å². The smallest absolute Gasteiger partial charge is 0.264 e. The molecule has 3 aromatic rings. The number of nitriles is 1. The van der Waals surface area contributed by atoms with Crippen LogP contribution in [0.1, 0.15) is 80.7 Å². The van der Waals surface area contributed by atoms with Crippen LogP contribution >= 0.6 is 11.3 Å². The fourth-order valence-electron chi connectivity index (χ4n) is 4.38. The Morgan fingerprint density at radius 3 is 2.51 bits per heavy atom. The first-order valence-corrected chi connectivity index (χ1v) is 12.6. The lowest BCUT2D eigenvalue weighted by atomic mass is 9.92. The summed E-state index contributed by atoms with van der Waals surface area (Å²) < 4.78 is 7.78. The maximum atomic E-state index is 12.9. The highest BCUT2D eigenvalue weighted by Gasteiger charge is 2.32. The second kappa shape index (κ2) is 9.50. The van der Waals surface area contributed by atoms with Gasteiger partial charge in [0.25, 0.3) is 11.8 Å². The van der Waals surface area contributed by atoms with Crippen molar-refractivity contribution >= 4 is 23.2 Å². The molecule has 2 aromatic heterocycles. The molecule has 3 N–H and O–H groups in total. The van der Waals surface area contributed by atoms with E-state index >= 15 is 0 Å². The highest BCUT2D eigenvalue weighted by molar-refractivity contribution is 7.14. The van der Waals surface area contributed by atoms with E-state index in [9.17, 15) is 9.59 Å². The Hall–Kier alpha value is -3.71. The molecule has 0 bridgehead atoms. The lowest BCUT2D eigenvalue weighted by molar-refractivity contribution is 0.0882. The monoisotopic (exact) mass is 490 g/mol. The lowest BCUT2D eigenvalue weighted by Gasteiger charge is -2.29. The molecule has 10 heteroatoms. The van der Waals surface area contributed by atoms with Crippen molar-refractivity contribution in [2.75, 3.05) is 0 Å². The number of nitrogens with zero attached hydrogens (tertiary/aromatic N) is 4. The van der Waals surface area contributed by atoms with Crippen molar-refractivity contribution in [3.05, 3.63) is 57.2 Å². The van der Waals surface area contributed by atoms with Gasteiger partial charge in [-0.25, -0.2) is 9.67 Å². The minimum Gasteiger partial charge on any atom is -0.473 e. The third-order valence-electron chi connectivity index (χ3n) is 6.55. The summed E-state index contributed by atoms with van der Waals surface area (Å²) in [6.45, 7) is 1.85. The molecule has 180 valence electrons. The van der Waals surface area contributed by atoms with E-state index in [1.165, 1.54) is 11.3 Å². The van der Waals surface area contributed by atoms with Gasteiger partial charge in [-0.3, -0.25) is 9.59 Å². The zero-order chi connectivity index (χ0) is 24.5. The summed E-state index contributed by atoms with van der Waals surface area (Å²) in [4.78, 5) is 29.7. The van der Waals surface area contributed by atoms with Crippen molar-refractivity contribution in [2.45, 2.75) is 63.5 Å². The first-order chi connectivity index (χ1) is 16.9. The Kier molecular flexibility index (Phi) is 6.26. The predicted octanol–water partition coefficient (Wildman–Crippen LogP) is 3.61. The number of hydrogen-bond donors (Lipinski definition) is 2. The number of hydrogen-bond acceptors (Lipinski definition) is 7. The number of aromatic nitrogens is 3. The highest BCUT2D eigenvalue weighted by atomic mass is 32.1. The summed E-state index contributed by atoms with van der Waals surface area (Å²) in [6.07, 6.45) is 6.75. The summed E-state index contributed by atoms with van der Waals surface area (Å²) in [5, 5.41) is 17.4. The third-order valence-corrected chi connectivity index (χ3v) is 7.76. The molecular formula is C25H26N6O3S. The van der Waals surface area contributed by atoms with Gasteiger partial charge in [0.15, 0.2) is 4.88 Å². The molecule has 1 aromatic carbocycles. The summed E-state index contributed by atoms with van der Waals surface area (Å²) in [6, 6.07) is 9.19. The Morgan fingerprint density at radius 1 is 1.17 bits per heavy atom. The number of ether oxygens (including phenoxy) is 1. The maximum Gasteiger partial charge on any atom is 0.264 e. The molecule has 2 amide bonds. The van der Waals surface area contributed by atoms with Crippen molar-refractivity contribution in [3.63, 3.8) is 0 Å². The van der Waals surface area contributed by atoms with Crippen LogP contribution in [0.3, 0.4) is 0 Å². The van der Waals surface area contributed by atoms with Gasteiger partial charge in [0.05, 0.1) is 34.8 Å². The van der Waals surface area contributed by atoms with Crippen LogP contribution in [0.25, 0.3) is 5.69 Å². The number of benzene rings is 1. The Bertz CT molecular complexity index is 1290. The molecule has 2 aliphatic rings. The molecule has 35 heavy (non-hydrogen) atoms. The average molecular weight is 491 g/mol. The van der Waals surface area contributed by atoms with Gasteiger partial charge in [0, 0.05) is 12.0 Å². The Balaban J connectivity index is 1.18. The zero-order valence-electron chi connectivity index (χ0n) is 19.4. The van der Waals surface area contributed by atoms with Crippen LogP contribution in [-0.2, 0) is 0 Å². The normalized spacial score (nSPS) is 19.7. The van der Waals surface area contributed by atoms with E-state index in [2.05, 4.69) is 21.5 Å². The van der Waals surface area contributed by atoms with Crippen LogP contribution in [0.4, 0.5) is 0 Å². The predicted molar refractivity (Wildman–Crippen MR) is 130 cm³/mol. The standard InChI is InChI=1S/C25H26N6O3S/c1-14-20(13-28-31(14)18-8-2-15(12-26)3-9-18)23(33)29-17-6-10-19(11-7-17)34-24-21(22(27)32)35-25(30-24)16-4-5-16/h2-3,8-9,13,16-17,19H,4-7,10-11H2,1H3,(H2,27,32)(H,29,33)/t17-,19-. The summed E-state index contributed by atoms with van der Waals surface area (Å²) in [7, 11) is 0. The quantitative estimate of drug-likeness (QED) is 0.519. The van der Waals surface area contributed by atoms with Crippen LogP contribution in [0.5, 0.6) is 5.88 Å². The number of carbonyl (C=O) groups excluding carboxylic acids is 2. The summed E-state index contributed by atoms with van der Waals surface area (Å²) in [5.74, 6) is 0.146. The number of nitrogens with one attached hydrogen (secondary N) is 1. The number of thiazole rings is 1. The van der Waals surface area contributed by atoms with E-state index < -0.39 is 5.91 Å². The fourth-order valence-corrected chi connectivity index (χ4v) is 5.40. The number of rotatable bonds is 7. The van der Waals surface area contributed by atoms with Gasteiger partial charge in [0.1, 0.15) is 11.1 Å². The molecule has 2 fully saturated rings. The summed E-state index contributed by atoms with van der Waals surface area (Å²) in [5.41, 5.74) is 8.15. The number of primary amides is 1. The van der Waals surface area contributed by atoms with E-state index in [4.69, 9.17) is 15.7 Å². The third kappa shape index (κ3) is 4.91. The molecule has 0 saturated heterocycles. The zero-order valence-corrected chi connectivity index (χ0v) is 20.2. The van der Waals surface area contributed by atoms with Crippen LogP contribution in [0, 0.1) is 18.3 Å². The van der Waals surface area contributed by atoms with E-state index in [0.717, 1.165) is 54.9 Å². The van der Waals surface area contributed by atoms with E-state index in [1.807, 2.05) is 6.92 Å². The van der Waals surface area contributed by atoms with Gasteiger partial charge >= 0.3 is 0 Å². The first-order valence-electron chi connectivity index (χ1n) is 11.8. The lowest BCUT2D eigenvalue weighted by Crippen LogP contribution is -2.40. The molecule has 0 atom stereocenters. The maximum absolute atomic E-state index is 12.9. The molecule has 2 heterocycles. The molecule has 2 saturated carbocycles. The van der Waals surface area contributed by atoms with E-state index in [-0.39, 0.29) is 18.1 Å². The molecular weight excluding hydrogens is 464 g/mol. The second-order valence-electron chi connectivity index (χ2n) is 9.10. The minimum absolute atomic E-state index is 0.0353. The number of amides is 2. The topological polar surface area (TPSA) is 136 Å². The van der Waals surface area contributed by atoms with Crippen LogP contribution in [0.2, 0.25) is 0 Å². The molecule has 2 aliphatic carbocycles. The van der Waals surface area contributed by atoms with Crippen molar-refractivity contribution in [2.24, 2.45) is 5.73 Å². The summed E-state index contributed by atoms with van der Waals surface area (Å²) >= 11 is 1.35. The van der Waals surface area contributed by atoms with Crippen LogP contribution in [0.15, 0.2) is 30.5 Å². The van der Waals surface area contributed by atoms with Crippen molar-refractivity contribution in [1.82, 2.24) is 20.1 Å². The molecule has 0 radical (unpaired) electrons. The highest BCUT2D eigenvalue weighted by Crippen LogP contribution is 2.44. The molecule has 0 spiro atoms. The van der Waals surface area contributed by atoms with Crippen LogP contribution in [-0.4, -0.2) is 38.7 Å². The van der Waals surface area contributed by atoms with Crippen LogP contribution < -0.4 is 15.8 Å². The Morgan fingerprint density at radius 2 is 1.89 bits per heavy atom. The van der Waals surface area contributed by atoms with Crippen molar-refractivity contribution in [3.8, 4) is 17.6 Å². The van der Waals surface area contributed by atoms with Gasteiger partial charge in [-0.15, -0.1) is 11.3 Å². The molecule has 5 rings (SSSR count). The number of nitrogens with two attached hydrogens (primary N) is 1. The first kappa shape index (κ1) is 23.1. The molecule has 9 nitrogen and oxygen atoms in total. The van der Waals surface area contributed by atoms with Gasteiger partial charge in [-0.1, -0.05) is 0 Å². The Labute approximate surface area is 206 Å². The fraction of sp³-hybridized carbons (Fsp3) is 0.400. The van der Waals surface area contributed by atoms with Crippen molar-refractivity contribution in [1.29, 1.82) is 5.26 Å². The SMILES string of the molecule is Cc1c(C(=O)N[C@H]2CC[C@H](Oc3nc(C4CC4)sc3C(N)=O)CC2)cnn1-c1ccc(C#N)cc1. The van der Waals surface area contributed by atoms with E-state index in [0.29, 0.717) is 27.8 Å². The second-order valence-corrected chi connectivity index (χ2v) is 10.1. The van der Waals surface area contributed by atoms with E-state index in [1.54, 1.807) is 35.1 Å². The largest absolute Gasteiger partial charge is 0.473 e. The number of carbonyl (C=O) groups is 2. The molecule has 0 unspecified atom stereocenters. The van der Waals surface area contributed by atoms with Gasteiger partial charge < -0.3 is 15.8 Å². The van der Waals surface area contributed by atoms with Gasteiger partial charge in [-0.2, -0.15) is 10.4 Å². The van der Waals surface area contributed by atoms with Gasteiger partial charge in [0.2, 0.25) is 5.88 Å².